The van der Waals surface area contributed by atoms with E-state index in [1.54, 1.807) is 5.38 Å². The lowest BCUT2D eigenvalue weighted by Crippen LogP contribution is -2.40. The van der Waals surface area contributed by atoms with Crippen LogP contribution in [0, 0.1) is 10.1 Å². The molecular formula is C11H16ClN3O3S. The van der Waals surface area contributed by atoms with E-state index in [2.05, 4.69) is 5.32 Å². The highest BCUT2D eigenvalue weighted by atomic mass is 35.5. The topological polar surface area (TPSA) is 75.5 Å². The Balaban J connectivity index is 0.00000180. The predicted molar refractivity (Wildman–Crippen MR) is 76.2 cm³/mol. The molecule has 19 heavy (non-hydrogen) atoms. The number of amides is 1. The minimum atomic E-state index is -0.462. The third-order valence-corrected chi connectivity index (χ3v) is 3.97. The fourth-order valence-corrected chi connectivity index (χ4v) is 2.95. The number of hydrogen-bond donors (Lipinski definition) is 1. The van der Waals surface area contributed by atoms with Crippen LogP contribution < -0.4 is 5.32 Å². The zero-order chi connectivity index (χ0) is 13.1. The van der Waals surface area contributed by atoms with E-state index in [9.17, 15) is 14.9 Å². The first kappa shape index (κ1) is 15.9. The normalized spacial score (nSPS) is 18.2. The van der Waals surface area contributed by atoms with E-state index in [4.69, 9.17) is 0 Å². The Hall–Kier alpha value is -1.18. The fraction of sp³-hybridized carbons (Fsp3) is 0.545. The molecule has 2 rings (SSSR count). The molecule has 6 nitrogen and oxygen atoms in total. The second kappa shape index (κ2) is 6.83. The molecule has 0 aliphatic carbocycles. The van der Waals surface area contributed by atoms with Crippen LogP contribution in [-0.2, 0) is 0 Å². The van der Waals surface area contributed by atoms with Gasteiger partial charge in [0.05, 0.1) is 10.5 Å². The maximum atomic E-state index is 12.3. The van der Waals surface area contributed by atoms with Crippen LogP contribution >= 0.6 is 23.7 Å². The van der Waals surface area contributed by atoms with Gasteiger partial charge in [-0.15, -0.1) is 12.4 Å². The molecule has 8 heteroatoms. The van der Waals surface area contributed by atoms with Gasteiger partial charge < -0.3 is 10.2 Å². The number of halogens is 1. The molecule has 1 aromatic rings. The van der Waals surface area contributed by atoms with Gasteiger partial charge in [0.15, 0.2) is 0 Å². The maximum absolute atomic E-state index is 12.3. The van der Waals surface area contributed by atoms with E-state index in [1.165, 1.54) is 6.07 Å². The monoisotopic (exact) mass is 305 g/mol. The van der Waals surface area contributed by atoms with Crippen molar-refractivity contribution in [3.63, 3.8) is 0 Å². The van der Waals surface area contributed by atoms with E-state index in [0.717, 1.165) is 37.3 Å². The number of hydrogen-bond acceptors (Lipinski definition) is 5. The van der Waals surface area contributed by atoms with Crippen molar-refractivity contribution in [2.75, 3.05) is 20.1 Å². The molecular weight excluding hydrogens is 290 g/mol. The maximum Gasteiger partial charge on any atom is 0.324 e. The smallest absolute Gasteiger partial charge is 0.324 e. The summed E-state index contributed by atoms with van der Waals surface area (Å²) >= 11 is 0.997. The standard InChI is InChI=1S/C11H15N3O3S.ClH/c1-12-6-9-3-2-4-13(9)11(15)8-5-10(14(16)17)18-7-8;/h5,7,9,12H,2-4,6H2,1H3;1H. The second-order valence-corrected chi connectivity index (χ2v) is 5.17. The van der Waals surface area contributed by atoms with Gasteiger partial charge in [-0.1, -0.05) is 11.3 Å². The summed E-state index contributed by atoms with van der Waals surface area (Å²) in [7, 11) is 1.86. The van der Waals surface area contributed by atoms with Crippen LogP contribution in [0.3, 0.4) is 0 Å². The molecule has 1 N–H and O–H groups in total. The van der Waals surface area contributed by atoms with Crippen molar-refractivity contribution < 1.29 is 9.72 Å². The third kappa shape index (κ3) is 3.43. The summed E-state index contributed by atoms with van der Waals surface area (Å²) < 4.78 is 0. The number of nitrogens with one attached hydrogen (secondary N) is 1. The van der Waals surface area contributed by atoms with E-state index in [0.29, 0.717) is 5.56 Å². The Kier molecular flexibility index (Phi) is 5.71. The lowest BCUT2D eigenvalue weighted by atomic mass is 10.2. The van der Waals surface area contributed by atoms with Crippen LogP contribution in [0.4, 0.5) is 5.00 Å². The van der Waals surface area contributed by atoms with Crippen LogP contribution in [0.2, 0.25) is 0 Å². The van der Waals surface area contributed by atoms with Crippen molar-refractivity contribution in [2.45, 2.75) is 18.9 Å². The number of nitro groups is 1. The van der Waals surface area contributed by atoms with Gasteiger partial charge in [0.1, 0.15) is 0 Å². The summed E-state index contributed by atoms with van der Waals surface area (Å²) in [4.78, 5) is 24.2. The molecule has 1 atom stereocenters. The zero-order valence-electron chi connectivity index (χ0n) is 10.5. The second-order valence-electron chi connectivity index (χ2n) is 4.28. The molecule has 0 saturated carbocycles. The van der Waals surface area contributed by atoms with Gasteiger partial charge >= 0.3 is 5.00 Å². The first-order valence-corrected chi connectivity index (χ1v) is 6.70. The quantitative estimate of drug-likeness (QED) is 0.681. The number of likely N-dealkylation sites (N-methyl/N-ethyl adjacent to an activating group) is 1. The summed E-state index contributed by atoms with van der Waals surface area (Å²) in [5.74, 6) is -0.0999. The fourth-order valence-electron chi connectivity index (χ4n) is 2.25. The van der Waals surface area contributed by atoms with E-state index >= 15 is 0 Å². The Bertz CT molecular complexity index is 466. The van der Waals surface area contributed by atoms with E-state index in [-0.39, 0.29) is 29.4 Å². The van der Waals surface area contributed by atoms with Crippen LogP contribution in [0.25, 0.3) is 0 Å². The molecule has 2 heterocycles. The Morgan fingerprint density at radius 3 is 3.00 bits per heavy atom. The Labute approximate surface area is 121 Å². The molecule has 1 amide bonds. The molecule has 1 fully saturated rings. The van der Waals surface area contributed by atoms with Crippen LogP contribution in [0.5, 0.6) is 0 Å². The molecule has 1 unspecified atom stereocenters. The largest absolute Gasteiger partial charge is 0.334 e. The minimum Gasteiger partial charge on any atom is -0.334 e. The van der Waals surface area contributed by atoms with Crippen LogP contribution in [0.1, 0.15) is 23.2 Å². The van der Waals surface area contributed by atoms with Gasteiger partial charge in [-0.2, -0.15) is 0 Å². The molecule has 1 aliphatic heterocycles. The van der Waals surface area contributed by atoms with Crippen LogP contribution in [-0.4, -0.2) is 41.9 Å². The highest BCUT2D eigenvalue weighted by Crippen LogP contribution is 2.26. The average Bonchev–Trinajstić information content (AvgIpc) is 2.97. The van der Waals surface area contributed by atoms with Crippen molar-refractivity contribution in [1.82, 2.24) is 10.2 Å². The van der Waals surface area contributed by atoms with Gasteiger partial charge in [-0.25, -0.2) is 0 Å². The first-order valence-electron chi connectivity index (χ1n) is 5.82. The number of nitrogens with zero attached hydrogens (tertiary/aromatic N) is 2. The van der Waals surface area contributed by atoms with Crippen molar-refractivity contribution in [3.8, 4) is 0 Å². The summed E-state index contributed by atoms with van der Waals surface area (Å²) in [6.07, 6.45) is 1.98. The van der Waals surface area contributed by atoms with E-state index in [1.807, 2.05) is 11.9 Å². The average molecular weight is 306 g/mol. The van der Waals surface area contributed by atoms with Gasteiger partial charge in [0.2, 0.25) is 0 Å². The molecule has 0 radical (unpaired) electrons. The van der Waals surface area contributed by atoms with Crippen LogP contribution in [0.15, 0.2) is 11.4 Å². The lowest BCUT2D eigenvalue weighted by molar-refractivity contribution is -0.380. The molecule has 1 aliphatic rings. The first-order chi connectivity index (χ1) is 8.63. The van der Waals surface area contributed by atoms with Gasteiger partial charge in [-0.3, -0.25) is 14.9 Å². The van der Waals surface area contributed by atoms with Gasteiger partial charge in [0.25, 0.3) is 5.91 Å². The molecule has 1 aromatic heterocycles. The predicted octanol–water partition coefficient (Wildman–Crippen LogP) is 1.90. The summed E-state index contributed by atoms with van der Waals surface area (Å²) in [6.45, 7) is 1.49. The van der Waals surface area contributed by atoms with Crippen molar-refractivity contribution in [1.29, 1.82) is 0 Å². The summed E-state index contributed by atoms with van der Waals surface area (Å²) in [6, 6.07) is 1.56. The van der Waals surface area contributed by atoms with E-state index < -0.39 is 4.92 Å². The highest BCUT2D eigenvalue weighted by molar-refractivity contribution is 7.13. The zero-order valence-corrected chi connectivity index (χ0v) is 12.1. The SMILES string of the molecule is CNCC1CCCN1C(=O)c1csc([N+](=O)[O-])c1.Cl. The molecule has 1 saturated heterocycles. The number of likely N-dealkylation sites (tertiary alicyclic amines) is 1. The minimum absolute atomic E-state index is 0. The lowest BCUT2D eigenvalue weighted by Gasteiger charge is -2.23. The summed E-state index contributed by atoms with van der Waals surface area (Å²) in [5, 5.41) is 15.3. The summed E-state index contributed by atoms with van der Waals surface area (Å²) in [5.41, 5.74) is 0.426. The third-order valence-electron chi connectivity index (χ3n) is 3.09. The number of carbonyl (C=O) groups excluding carboxylic acids is 1. The van der Waals surface area contributed by atoms with Crippen molar-refractivity contribution >= 4 is 34.7 Å². The van der Waals surface area contributed by atoms with Gasteiger partial charge in [-0.05, 0) is 19.9 Å². The number of carbonyl (C=O) groups is 1. The van der Waals surface area contributed by atoms with Crippen molar-refractivity contribution in [2.24, 2.45) is 0 Å². The highest BCUT2D eigenvalue weighted by Gasteiger charge is 2.30. The number of thiophene rings is 1. The molecule has 0 aromatic carbocycles. The molecule has 0 bridgehead atoms. The molecule has 106 valence electrons. The van der Waals surface area contributed by atoms with Crippen molar-refractivity contribution in [3.05, 3.63) is 27.1 Å². The molecule has 0 spiro atoms. The van der Waals surface area contributed by atoms with Gasteiger partial charge in [0, 0.05) is 30.6 Å². The number of rotatable bonds is 4. The Morgan fingerprint density at radius 2 is 2.42 bits per heavy atom. The Morgan fingerprint density at radius 1 is 1.68 bits per heavy atom.